The highest BCUT2D eigenvalue weighted by molar-refractivity contribution is 5.91. The number of rotatable bonds is 4. The lowest BCUT2D eigenvalue weighted by Crippen LogP contribution is -2.53. The molecule has 8 nitrogen and oxygen atoms in total. The normalized spacial score (nSPS) is 20.9. The van der Waals surface area contributed by atoms with Crippen molar-refractivity contribution in [2.75, 3.05) is 76.3 Å². The molecule has 2 aromatic rings. The molecule has 0 bridgehead atoms. The zero-order chi connectivity index (χ0) is 20.4. The van der Waals surface area contributed by atoms with Crippen LogP contribution in [-0.2, 0) is 9.53 Å². The fourth-order valence-electron chi connectivity index (χ4n) is 4.18. The Balaban J connectivity index is 1.38. The Morgan fingerprint density at radius 2 is 1.97 bits per heavy atom. The van der Waals surface area contributed by atoms with Crippen molar-refractivity contribution in [1.29, 1.82) is 0 Å². The van der Waals surface area contributed by atoms with Crippen molar-refractivity contribution in [3.05, 3.63) is 24.5 Å². The molecule has 0 spiro atoms. The van der Waals surface area contributed by atoms with Crippen LogP contribution in [0.4, 0.5) is 11.5 Å². The first-order valence-corrected chi connectivity index (χ1v) is 10.3. The third-order valence-corrected chi connectivity index (χ3v) is 5.80. The van der Waals surface area contributed by atoms with Gasteiger partial charge in [0.05, 0.1) is 18.2 Å². The minimum Gasteiger partial charge on any atom is -0.373 e. The number of anilines is 2. The lowest BCUT2D eigenvalue weighted by molar-refractivity contribution is -0.137. The number of piperazine rings is 1. The molecule has 2 saturated heterocycles. The first kappa shape index (κ1) is 19.8. The predicted octanol–water partition coefficient (Wildman–Crippen LogP) is 1.07. The molecule has 1 unspecified atom stereocenters. The fraction of sp³-hybridized carbons (Fsp3) is 0.571. The van der Waals surface area contributed by atoms with Crippen molar-refractivity contribution in [3.8, 4) is 0 Å². The molecule has 1 atom stereocenters. The van der Waals surface area contributed by atoms with Gasteiger partial charge in [-0.1, -0.05) is 0 Å². The van der Waals surface area contributed by atoms with Gasteiger partial charge in [0.2, 0.25) is 5.91 Å². The highest BCUT2D eigenvalue weighted by Crippen LogP contribution is 2.27. The van der Waals surface area contributed by atoms with Crippen molar-refractivity contribution in [2.45, 2.75) is 13.0 Å². The first-order valence-electron chi connectivity index (χ1n) is 10.3. The van der Waals surface area contributed by atoms with Gasteiger partial charge in [0, 0.05) is 77.9 Å². The highest BCUT2D eigenvalue weighted by Gasteiger charge is 2.26. The van der Waals surface area contributed by atoms with Crippen molar-refractivity contribution in [1.82, 2.24) is 19.8 Å². The number of nitrogens with zero attached hydrogens (tertiary/aromatic N) is 6. The van der Waals surface area contributed by atoms with Gasteiger partial charge in [-0.05, 0) is 18.2 Å². The van der Waals surface area contributed by atoms with Gasteiger partial charge >= 0.3 is 0 Å². The molecule has 0 N–H and O–H groups in total. The largest absolute Gasteiger partial charge is 0.373 e. The quantitative estimate of drug-likeness (QED) is 0.763. The second kappa shape index (κ2) is 8.51. The van der Waals surface area contributed by atoms with E-state index in [2.05, 4.69) is 38.0 Å². The van der Waals surface area contributed by atoms with Crippen LogP contribution in [0.5, 0.6) is 0 Å². The van der Waals surface area contributed by atoms with Gasteiger partial charge in [0.1, 0.15) is 12.1 Å². The zero-order valence-corrected chi connectivity index (χ0v) is 17.5. The van der Waals surface area contributed by atoms with E-state index in [1.54, 1.807) is 13.3 Å². The SMILES string of the molecule is CC(=O)N1CCOC(CN2CCN(c3ccc4ncnc(N(C)C)c4c3)CC2)C1. The third-order valence-electron chi connectivity index (χ3n) is 5.80. The second-order valence-electron chi connectivity index (χ2n) is 8.04. The van der Waals surface area contributed by atoms with E-state index in [1.807, 2.05) is 23.9 Å². The summed E-state index contributed by atoms with van der Waals surface area (Å²) in [7, 11) is 4.02. The maximum absolute atomic E-state index is 11.6. The molecule has 4 rings (SSSR count). The van der Waals surface area contributed by atoms with Gasteiger partial charge in [-0.3, -0.25) is 9.69 Å². The van der Waals surface area contributed by atoms with E-state index in [0.29, 0.717) is 19.7 Å². The molecule has 29 heavy (non-hydrogen) atoms. The van der Waals surface area contributed by atoms with E-state index in [0.717, 1.165) is 49.4 Å². The average molecular weight is 399 g/mol. The number of hydrogen-bond donors (Lipinski definition) is 0. The van der Waals surface area contributed by atoms with E-state index < -0.39 is 0 Å². The minimum absolute atomic E-state index is 0.111. The minimum atomic E-state index is 0.111. The van der Waals surface area contributed by atoms with Gasteiger partial charge in [0.25, 0.3) is 0 Å². The molecule has 1 aromatic carbocycles. The number of carbonyl (C=O) groups is 1. The van der Waals surface area contributed by atoms with Gasteiger partial charge in [-0.2, -0.15) is 0 Å². The topological polar surface area (TPSA) is 65.0 Å². The Bertz CT molecular complexity index is 865. The standard InChI is InChI=1S/C21H30N6O2/c1-16(28)27-10-11-29-18(14-27)13-25-6-8-26(9-7-25)17-4-5-20-19(12-17)21(24(2)3)23-15-22-20/h4-5,12,15,18H,6-11,13-14H2,1-3H3. The molecule has 0 radical (unpaired) electrons. The number of hydrogen-bond acceptors (Lipinski definition) is 7. The van der Waals surface area contributed by atoms with Crippen molar-refractivity contribution >= 4 is 28.3 Å². The summed E-state index contributed by atoms with van der Waals surface area (Å²) in [5.41, 5.74) is 2.18. The number of fused-ring (bicyclic) bond motifs is 1. The van der Waals surface area contributed by atoms with Gasteiger partial charge in [-0.25, -0.2) is 9.97 Å². The van der Waals surface area contributed by atoms with E-state index in [4.69, 9.17) is 4.74 Å². The lowest BCUT2D eigenvalue weighted by atomic mass is 10.1. The Labute approximate surface area is 172 Å². The Morgan fingerprint density at radius 1 is 1.17 bits per heavy atom. The van der Waals surface area contributed by atoms with Crippen molar-refractivity contribution < 1.29 is 9.53 Å². The predicted molar refractivity (Wildman–Crippen MR) is 115 cm³/mol. The third kappa shape index (κ3) is 4.43. The second-order valence-corrected chi connectivity index (χ2v) is 8.04. The first-order chi connectivity index (χ1) is 14.0. The summed E-state index contributed by atoms with van der Waals surface area (Å²) in [4.78, 5) is 29.3. The molecule has 0 saturated carbocycles. The van der Waals surface area contributed by atoms with E-state index in [-0.39, 0.29) is 12.0 Å². The van der Waals surface area contributed by atoms with Crippen LogP contribution in [-0.4, -0.2) is 98.3 Å². The molecule has 156 valence electrons. The molecule has 3 heterocycles. The number of amides is 1. The molecule has 8 heteroatoms. The molecule has 0 aliphatic carbocycles. The summed E-state index contributed by atoms with van der Waals surface area (Å²) < 4.78 is 5.89. The smallest absolute Gasteiger partial charge is 0.219 e. The van der Waals surface area contributed by atoms with Crippen LogP contribution in [0.15, 0.2) is 24.5 Å². The Kier molecular flexibility index (Phi) is 5.82. The summed E-state index contributed by atoms with van der Waals surface area (Å²) in [6.45, 7) is 8.49. The highest BCUT2D eigenvalue weighted by atomic mass is 16.5. The maximum atomic E-state index is 11.6. The van der Waals surface area contributed by atoms with Crippen molar-refractivity contribution in [2.24, 2.45) is 0 Å². The summed E-state index contributed by atoms with van der Waals surface area (Å²) in [6, 6.07) is 6.44. The number of benzene rings is 1. The summed E-state index contributed by atoms with van der Waals surface area (Å²) in [6.07, 6.45) is 1.73. The van der Waals surface area contributed by atoms with E-state index in [9.17, 15) is 4.79 Å². The van der Waals surface area contributed by atoms with Crippen LogP contribution >= 0.6 is 0 Å². The molecule has 2 aliphatic rings. The van der Waals surface area contributed by atoms with Gasteiger partial charge in [-0.15, -0.1) is 0 Å². The van der Waals surface area contributed by atoms with Gasteiger partial charge < -0.3 is 19.4 Å². The average Bonchev–Trinajstić information content (AvgIpc) is 2.73. The monoisotopic (exact) mass is 398 g/mol. The Hall–Kier alpha value is -2.45. The van der Waals surface area contributed by atoms with Crippen LogP contribution in [0.2, 0.25) is 0 Å². The number of ether oxygens (including phenoxy) is 1. The zero-order valence-electron chi connectivity index (χ0n) is 17.5. The van der Waals surface area contributed by atoms with Crippen molar-refractivity contribution in [3.63, 3.8) is 0 Å². The Morgan fingerprint density at radius 3 is 2.69 bits per heavy atom. The van der Waals surface area contributed by atoms with E-state index in [1.165, 1.54) is 5.69 Å². The summed E-state index contributed by atoms with van der Waals surface area (Å²) >= 11 is 0. The van der Waals surface area contributed by atoms with Gasteiger partial charge in [0.15, 0.2) is 0 Å². The summed E-state index contributed by atoms with van der Waals surface area (Å²) in [5.74, 6) is 1.08. The molecular weight excluding hydrogens is 368 g/mol. The molecule has 1 amide bonds. The van der Waals surface area contributed by atoms with Crippen LogP contribution in [0.3, 0.4) is 0 Å². The molecular formula is C21H30N6O2. The molecule has 1 aromatic heterocycles. The number of aromatic nitrogens is 2. The molecule has 2 aliphatic heterocycles. The number of carbonyl (C=O) groups excluding carboxylic acids is 1. The van der Waals surface area contributed by atoms with Crippen LogP contribution in [0.25, 0.3) is 10.9 Å². The maximum Gasteiger partial charge on any atom is 0.219 e. The molecule has 2 fully saturated rings. The summed E-state index contributed by atoms with van der Waals surface area (Å²) in [5, 5.41) is 1.08. The number of morpholine rings is 1. The lowest BCUT2D eigenvalue weighted by Gasteiger charge is -2.39. The van der Waals surface area contributed by atoms with Crippen LogP contribution in [0, 0.1) is 0 Å². The van der Waals surface area contributed by atoms with E-state index >= 15 is 0 Å². The van der Waals surface area contributed by atoms with Crippen LogP contribution in [0.1, 0.15) is 6.92 Å². The van der Waals surface area contributed by atoms with Crippen LogP contribution < -0.4 is 9.80 Å². The fourth-order valence-corrected chi connectivity index (χ4v) is 4.18.